The van der Waals surface area contributed by atoms with E-state index in [9.17, 15) is 13.2 Å². The molecule has 3 rings (SSSR count). The minimum Gasteiger partial charge on any atom is -0.497 e. The third kappa shape index (κ3) is 6.57. The number of hydrogen-bond acceptors (Lipinski definition) is 7. The van der Waals surface area contributed by atoms with Crippen LogP contribution < -0.4 is 29.0 Å². The smallest absolute Gasteiger partial charge is 0.265 e. The molecule has 0 aliphatic heterocycles. The Morgan fingerprint density at radius 2 is 1.43 bits per heavy atom. The maximum absolute atomic E-state index is 12.8. The summed E-state index contributed by atoms with van der Waals surface area (Å²) in [4.78, 5) is 12.7. The van der Waals surface area contributed by atoms with E-state index >= 15 is 0 Å². The molecular formula is C25H28N2O7S. The van der Waals surface area contributed by atoms with Crippen molar-refractivity contribution >= 4 is 27.3 Å². The van der Waals surface area contributed by atoms with Crippen LogP contribution in [0.1, 0.15) is 13.3 Å². The van der Waals surface area contributed by atoms with Crippen LogP contribution in [-0.4, -0.2) is 41.8 Å². The van der Waals surface area contributed by atoms with Gasteiger partial charge in [-0.25, -0.2) is 8.42 Å². The average molecular weight is 501 g/mol. The second kappa shape index (κ2) is 11.5. The fraction of sp³-hybridized carbons (Fsp3) is 0.240. The maximum atomic E-state index is 12.8. The van der Waals surface area contributed by atoms with Gasteiger partial charge in [0.05, 0.1) is 31.9 Å². The number of nitrogens with one attached hydrogen (secondary N) is 2. The molecule has 1 atom stereocenters. The first kappa shape index (κ1) is 25.7. The molecule has 0 fully saturated rings. The molecule has 0 heterocycles. The third-order valence-electron chi connectivity index (χ3n) is 5.09. The molecule has 0 bridgehead atoms. The van der Waals surface area contributed by atoms with Crippen LogP contribution >= 0.6 is 0 Å². The quantitative estimate of drug-likeness (QED) is 0.403. The van der Waals surface area contributed by atoms with Crippen LogP contribution in [0.5, 0.6) is 23.0 Å². The van der Waals surface area contributed by atoms with E-state index < -0.39 is 16.1 Å². The SMILES string of the molecule is CC[C@@H](Oc1ccc(OC)cc1)C(=O)Nc1ccc(S(=O)(=O)Nc2ccc(OC)cc2OC)cc1. The highest BCUT2D eigenvalue weighted by atomic mass is 32.2. The number of ether oxygens (including phenoxy) is 4. The minimum atomic E-state index is -3.90. The Balaban J connectivity index is 1.67. The second-order valence-electron chi connectivity index (χ2n) is 7.38. The lowest BCUT2D eigenvalue weighted by molar-refractivity contribution is -0.122. The van der Waals surface area contributed by atoms with Crippen molar-refractivity contribution in [3.8, 4) is 23.0 Å². The Morgan fingerprint density at radius 1 is 0.829 bits per heavy atom. The van der Waals surface area contributed by atoms with E-state index in [2.05, 4.69) is 10.0 Å². The van der Waals surface area contributed by atoms with Crippen LogP contribution in [0.3, 0.4) is 0 Å². The zero-order valence-corrected chi connectivity index (χ0v) is 20.7. The summed E-state index contributed by atoms with van der Waals surface area (Å²) in [5.74, 6) is 1.73. The molecule has 0 aromatic heterocycles. The molecule has 3 aromatic carbocycles. The van der Waals surface area contributed by atoms with Crippen LogP contribution in [0.25, 0.3) is 0 Å². The number of carbonyl (C=O) groups is 1. The Kier molecular flexibility index (Phi) is 8.43. The molecule has 10 heteroatoms. The number of hydrogen-bond donors (Lipinski definition) is 2. The van der Waals surface area contributed by atoms with Crippen molar-refractivity contribution in [2.24, 2.45) is 0 Å². The van der Waals surface area contributed by atoms with Gasteiger partial charge in [-0.2, -0.15) is 0 Å². The molecule has 1 amide bonds. The molecule has 0 saturated heterocycles. The molecule has 35 heavy (non-hydrogen) atoms. The number of methoxy groups -OCH3 is 3. The Bertz CT molecular complexity index is 1240. The second-order valence-corrected chi connectivity index (χ2v) is 9.06. The van der Waals surface area contributed by atoms with E-state index in [1.165, 1.54) is 38.5 Å². The first-order valence-electron chi connectivity index (χ1n) is 10.8. The summed E-state index contributed by atoms with van der Waals surface area (Å²) in [6, 6.07) is 17.5. The number of rotatable bonds is 11. The van der Waals surface area contributed by atoms with E-state index in [0.717, 1.165) is 0 Å². The predicted octanol–water partition coefficient (Wildman–Crippen LogP) is 4.31. The highest BCUT2D eigenvalue weighted by molar-refractivity contribution is 7.92. The van der Waals surface area contributed by atoms with Crippen molar-refractivity contribution in [2.45, 2.75) is 24.3 Å². The molecule has 3 aromatic rings. The molecule has 0 aliphatic carbocycles. The van der Waals surface area contributed by atoms with Crippen molar-refractivity contribution in [3.05, 3.63) is 66.7 Å². The van der Waals surface area contributed by atoms with Gasteiger partial charge >= 0.3 is 0 Å². The standard InChI is InChI=1S/C25H28N2O7S/c1-5-23(34-19-10-8-18(31-2)9-11-19)25(28)26-17-6-13-21(14-7-17)35(29,30)27-22-15-12-20(32-3)16-24(22)33-4/h6-16,23,27H,5H2,1-4H3,(H,26,28)/t23-/m1/s1. The number of amides is 1. The van der Waals surface area contributed by atoms with E-state index in [1.54, 1.807) is 49.6 Å². The third-order valence-corrected chi connectivity index (χ3v) is 6.47. The largest absolute Gasteiger partial charge is 0.497 e. The highest BCUT2D eigenvalue weighted by Gasteiger charge is 2.20. The van der Waals surface area contributed by atoms with Crippen molar-refractivity contribution in [2.75, 3.05) is 31.4 Å². The molecular weight excluding hydrogens is 472 g/mol. The molecule has 0 spiro atoms. The van der Waals surface area contributed by atoms with Gasteiger partial charge in [-0.3, -0.25) is 9.52 Å². The lowest BCUT2D eigenvalue weighted by atomic mass is 10.2. The van der Waals surface area contributed by atoms with E-state index in [4.69, 9.17) is 18.9 Å². The van der Waals surface area contributed by atoms with Crippen molar-refractivity contribution in [1.82, 2.24) is 0 Å². The van der Waals surface area contributed by atoms with Crippen LogP contribution in [0.4, 0.5) is 11.4 Å². The summed E-state index contributed by atoms with van der Waals surface area (Å²) >= 11 is 0. The Labute approximate surface area is 205 Å². The van der Waals surface area contributed by atoms with Gasteiger partial charge in [-0.1, -0.05) is 6.92 Å². The van der Waals surface area contributed by atoms with Gasteiger partial charge in [0.15, 0.2) is 6.10 Å². The number of benzene rings is 3. The molecule has 0 radical (unpaired) electrons. The topological polar surface area (TPSA) is 112 Å². The number of carbonyl (C=O) groups excluding carboxylic acids is 1. The first-order valence-corrected chi connectivity index (χ1v) is 12.2. The molecule has 2 N–H and O–H groups in total. The average Bonchev–Trinajstić information content (AvgIpc) is 2.87. The molecule has 0 unspecified atom stereocenters. The number of sulfonamides is 1. The Hall–Kier alpha value is -3.92. The fourth-order valence-corrected chi connectivity index (χ4v) is 4.24. The van der Waals surface area contributed by atoms with Crippen LogP contribution in [-0.2, 0) is 14.8 Å². The van der Waals surface area contributed by atoms with Crippen molar-refractivity contribution in [3.63, 3.8) is 0 Å². The summed E-state index contributed by atoms with van der Waals surface area (Å²) in [6.45, 7) is 1.84. The van der Waals surface area contributed by atoms with Crippen molar-refractivity contribution in [1.29, 1.82) is 0 Å². The zero-order valence-electron chi connectivity index (χ0n) is 19.9. The van der Waals surface area contributed by atoms with Gasteiger partial charge in [-0.05, 0) is 67.1 Å². The fourth-order valence-electron chi connectivity index (χ4n) is 3.17. The number of anilines is 2. The zero-order chi connectivity index (χ0) is 25.4. The lowest BCUT2D eigenvalue weighted by Gasteiger charge is -2.18. The first-order chi connectivity index (χ1) is 16.8. The van der Waals surface area contributed by atoms with E-state index in [1.807, 2.05) is 6.92 Å². The Morgan fingerprint density at radius 3 is 2.00 bits per heavy atom. The van der Waals surface area contributed by atoms with Crippen molar-refractivity contribution < 1.29 is 32.2 Å². The summed E-state index contributed by atoms with van der Waals surface area (Å²) in [5.41, 5.74) is 0.708. The van der Waals surface area contributed by atoms with Gasteiger partial charge in [-0.15, -0.1) is 0 Å². The minimum absolute atomic E-state index is 0.0231. The monoisotopic (exact) mass is 500 g/mol. The normalized spacial score (nSPS) is 11.8. The van der Waals surface area contributed by atoms with Crippen LogP contribution in [0, 0.1) is 0 Å². The summed E-state index contributed by atoms with van der Waals surface area (Å²) in [6.07, 6.45) is -0.284. The van der Waals surface area contributed by atoms with Crippen LogP contribution in [0.2, 0.25) is 0 Å². The molecule has 186 valence electrons. The summed E-state index contributed by atoms with van der Waals surface area (Å²) in [7, 11) is 0.617. The summed E-state index contributed by atoms with van der Waals surface area (Å²) in [5, 5.41) is 2.76. The van der Waals surface area contributed by atoms with Gasteiger partial charge in [0.2, 0.25) is 0 Å². The summed E-state index contributed by atoms with van der Waals surface area (Å²) < 4.78 is 49.5. The predicted molar refractivity (Wildman–Crippen MR) is 133 cm³/mol. The maximum Gasteiger partial charge on any atom is 0.265 e. The van der Waals surface area contributed by atoms with Gasteiger partial charge in [0.1, 0.15) is 23.0 Å². The van der Waals surface area contributed by atoms with Gasteiger partial charge in [0.25, 0.3) is 15.9 Å². The molecule has 0 saturated carbocycles. The lowest BCUT2D eigenvalue weighted by Crippen LogP contribution is -2.32. The van der Waals surface area contributed by atoms with Gasteiger partial charge < -0.3 is 24.3 Å². The van der Waals surface area contributed by atoms with Crippen LogP contribution in [0.15, 0.2) is 71.6 Å². The van der Waals surface area contributed by atoms with Gasteiger partial charge in [0, 0.05) is 11.8 Å². The van der Waals surface area contributed by atoms with E-state index in [0.29, 0.717) is 35.1 Å². The van der Waals surface area contributed by atoms with E-state index in [-0.39, 0.29) is 16.5 Å². The molecule has 0 aliphatic rings. The highest BCUT2D eigenvalue weighted by Crippen LogP contribution is 2.31. The molecule has 9 nitrogen and oxygen atoms in total.